The summed E-state index contributed by atoms with van der Waals surface area (Å²) in [5.41, 5.74) is 0.881. The summed E-state index contributed by atoms with van der Waals surface area (Å²) in [6.07, 6.45) is 3.40. The number of thiophene rings is 1. The minimum atomic E-state index is -0.000872. The van der Waals surface area contributed by atoms with Gasteiger partial charge < -0.3 is 14.7 Å². The Morgan fingerprint density at radius 3 is 2.91 bits per heavy atom. The lowest BCUT2D eigenvalue weighted by Gasteiger charge is -2.34. The number of hydrogen-bond acceptors (Lipinski definition) is 5. The molecule has 1 atom stereocenters. The number of amides is 1. The first-order chi connectivity index (χ1) is 10.6. The zero-order valence-electron chi connectivity index (χ0n) is 13.2. The van der Waals surface area contributed by atoms with Gasteiger partial charge in [-0.1, -0.05) is 0 Å². The number of rotatable bonds is 6. The Labute approximate surface area is 135 Å². The van der Waals surface area contributed by atoms with E-state index in [4.69, 9.17) is 9.84 Å². The first-order valence-electron chi connectivity index (χ1n) is 7.53. The lowest BCUT2D eigenvalue weighted by molar-refractivity contribution is -0.125. The maximum atomic E-state index is 12.2. The van der Waals surface area contributed by atoms with Crippen molar-refractivity contribution in [3.8, 4) is 0 Å². The van der Waals surface area contributed by atoms with Crippen molar-refractivity contribution in [2.24, 2.45) is 0 Å². The van der Waals surface area contributed by atoms with Crippen molar-refractivity contribution in [2.75, 3.05) is 39.9 Å². The Hall–Kier alpha value is -1.21. The fourth-order valence-corrected chi connectivity index (χ4v) is 3.26. The average molecular weight is 324 g/mol. The minimum absolute atomic E-state index is 0.000872. The van der Waals surface area contributed by atoms with E-state index in [1.165, 1.54) is 11.3 Å². The number of ether oxygens (including phenoxy) is 1. The molecule has 1 fully saturated rings. The predicted octanol–water partition coefficient (Wildman–Crippen LogP) is 1.43. The molecule has 22 heavy (non-hydrogen) atoms. The normalized spacial score (nSPS) is 17.8. The van der Waals surface area contributed by atoms with E-state index < -0.39 is 0 Å². The molecule has 0 aromatic carbocycles. The molecule has 0 radical (unpaired) electrons. The Morgan fingerprint density at radius 2 is 2.27 bits per heavy atom. The van der Waals surface area contributed by atoms with Crippen LogP contribution in [0.25, 0.3) is 6.08 Å². The molecule has 0 saturated carbocycles. The van der Waals surface area contributed by atoms with Crippen LogP contribution in [0.2, 0.25) is 0 Å². The SMILES string of the molecule is CC(CN(C)C(=O)C=Cc1cc(CO)cs1)N1CCOCC1. The monoisotopic (exact) mass is 324 g/mol. The lowest BCUT2D eigenvalue weighted by Crippen LogP contribution is -2.47. The second kappa shape index (κ2) is 8.43. The quantitative estimate of drug-likeness (QED) is 0.805. The molecule has 1 aromatic heterocycles. The van der Waals surface area contributed by atoms with Gasteiger partial charge in [-0.05, 0) is 30.0 Å². The summed E-state index contributed by atoms with van der Waals surface area (Å²) in [5.74, 6) is -0.000872. The van der Waals surface area contributed by atoms with Gasteiger partial charge >= 0.3 is 0 Å². The van der Waals surface area contributed by atoms with Gasteiger partial charge in [-0.2, -0.15) is 0 Å². The molecule has 122 valence electrons. The van der Waals surface area contributed by atoms with Crippen LogP contribution < -0.4 is 0 Å². The molecule has 1 unspecified atom stereocenters. The third-order valence-corrected chi connectivity index (χ3v) is 4.78. The van der Waals surface area contributed by atoms with Gasteiger partial charge in [-0.15, -0.1) is 11.3 Å². The first-order valence-corrected chi connectivity index (χ1v) is 8.41. The van der Waals surface area contributed by atoms with Crippen LogP contribution in [0.15, 0.2) is 17.5 Å². The number of carbonyl (C=O) groups excluding carboxylic acids is 1. The molecule has 5 nitrogen and oxygen atoms in total. The van der Waals surface area contributed by atoms with Gasteiger partial charge in [0.1, 0.15) is 0 Å². The largest absolute Gasteiger partial charge is 0.392 e. The van der Waals surface area contributed by atoms with Crippen LogP contribution in [-0.4, -0.2) is 66.8 Å². The van der Waals surface area contributed by atoms with Gasteiger partial charge in [0.05, 0.1) is 19.8 Å². The summed E-state index contributed by atoms with van der Waals surface area (Å²) in [6, 6.07) is 2.22. The van der Waals surface area contributed by atoms with Crippen molar-refractivity contribution in [3.63, 3.8) is 0 Å². The molecule has 1 amide bonds. The molecule has 1 N–H and O–H groups in total. The highest BCUT2D eigenvalue weighted by molar-refractivity contribution is 7.11. The topological polar surface area (TPSA) is 53.0 Å². The highest BCUT2D eigenvalue weighted by atomic mass is 32.1. The molecular formula is C16H24N2O3S. The van der Waals surface area contributed by atoms with Crippen LogP contribution in [0.3, 0.4) is 0 Å². The van der Waals surface area contributed by atoms with Crippen LogP contribution in [0.1, 0.15) is 17.4 Å². The van der Waals surface area contributed by atoms with E-state index in [-0.39, 0.29) is 12.5 Å². The van der Waals surface area contributed by atoms with E-state index in [1.54, 1.807) is 11.0 Å². The van der Waals surface area contributed by atoms with Crippen molar-refractivity contribution in [3.05, 3.63) is 28.0 Å². The second-order valence-corrected chi connectivity index (χ2v) is 6.51. The number of carbonyl (C=O) groups is 1. The molecule has 2 heterocycles. The van der Waals surface area contributed by atoms with Gasteiger partial charge in [0, 0.05) is 43.7 Å². The second-order valence-electron chi connectivity index (χ2n) is 5.56. The summed E-state index contributed by atoms with van der Waals surface area (Å²) in [6.45, 7) is 6.29. The number of likely N-dealkylation sites (N-methyl/N-ethyl adjacent to an activating group) is 1. The molecule has 0 aliphatic carbocycles. The molecule has 2 rings (SSSR count). The number of nitrogens with zero attached hydrogens (tertiary/aromatic N) is 2. The number of aliphatic hydroxyl groups is 1. The smallest absolute Gasteiger partial charge is 0.246 e. The fourth-order valence-electron chi connectivity index (χ4n) is 2.47. The average Bonchev–Trinajstić information content (AvgIpc) is 3.01. The zero-order chi connectivity index (χ0) is 15.9. The third-order valence-electron chi connectivity index (χ3n) is 3.83. The Bertz CT molecular complexity index is 509. The molecule has 0 spiro atoms. The maximum absolute atomic E-state index is 12.2. The summed E-state index contributed by atoms with van der Waals surface area (Å²) in [5, 5.41) is 10.9. The Kier molecular flexibility index (Phi) is 6.57. The summed E-state index contributed by atoms with van der Waals surface area (Å²) >= 11 is 1.52. The maximum Gasteiger partial charge on any atom is 0.246 e. The molecule has 6 heteroatoms. The van der Waals surface area contributed by atoms with Crippen LogP contribution in [0.4, 0.5) is 0 Å². The number of morpholine rings is 1. The van der Waals surface area contributed by atoms with E-state index in [9.17, 15) is 4.79 Å². The summed E-state index contributed by atoms with van der Waals surface area (Å²) < 4.78 is 5.35. The van der Waals surface area contributed by atoms with Crippen molar-refractivity contribution in [1.82, 2.24) is 9.80 Å². The molecule has 1 aliphatic rings. The zero-order valence-corrected chi connectivity index (χ0v) is 14.0. The molecule has 1 aromatic rings. The van der Waals surface area contributed by atoms with E-state index in [2.05, 4.69) is 11.8 Å². The lowest BCUT2D eigenvalue weighted by atomic mass is 10.2. The number of aliphatic hydroxyl groups excluding tert-OH is 1. The van der Waals surface area contributed by atoms with E-state index >= 15 is 0 Å². The van der Waals surface area contributed by atoms with E-state index in [1.807, 2.05) is 24.6 Å². The summed E-state index contributed by atoms with van der Waals surface area (Å²) in [4.78, 5) is 17.2. The highest BCUT2D eigenvalue weighted by Crippen LogP contribution is 2.16. The van der Waals surface area contributed by atoms with Gasteiger partial charge in [-0.25, -0.2) is 0 Å². The molecule has 1 saturated heterocycles. The highest BCUT2D eigenvalue weighted by Gasteiger charge is 2.19. The van der Waals surface area contributed by atoms with Crippen LogP contribution in [0.5, 0.6) is 0 Å². The van der Waals surface area contributed by atoms with Gasteiger partial charge in [0.15, 0.2) is 0 Å². The van der Waals surface area contributed by atoms with Crippen molar-refractivity contribution in [2.45, 2.75) is 19.6 Å². The van der Waals surface area contributed by atoms with Gasteiger partial charge in [-0.3, -0.25) is 9.69 Å². The third kappa shape index (κ3) is 4.91. The Balaban J connectivity index is 1.83. The first kappa shape index (κ1) is 17.1. The van der Waals surface area contributed by atoms with Crippen molar-refractivity contribution >= 4 is 23.3 Å². The van der Waals surface area contributed by atoms with Crippen LogP contribution >= 0.6 is 11.3 Å². The van der Waals surface area contributed by atoms with Gasteiger partial charge in [0.25, 0.3) is 0 Å². The molecule has 1 aliphatic heterocycles. The standard InChI is InChI=1S/C16H24N2O3S/c1-13(18-5-7-21-8-6-18)10-17(2)16(20)4-3-15-9-14(11-19)12-22-15/h3-4,9,12-13,19H,5-8,10-11H2,1-2H3. The van der Waals surface area contributed by atoms with Crippen LogP contribution in [0, 0.1) is 0 Å². The fraction of sp³-hybridized carbons (Fsp3) is 0.562. The van der Waals surface area contributed by atoms with E-state index in [0.29, 0.717) is 12.6 Å². The molecule has 0 bridgehead atoms. The van der Waals surface area contributed by atoms with Gasteiger partial charge in [0.2, 0.25) is 5.91 Å². The Morgan fingerprint density at radius 1 is 1.55 bits per heavy atom. The minimum Gasteiger partial charge on any atom is -0.392 e. The summed E-state index contributed by atoms with van der Waals surface area (Å²) in [7, 11) is 1.83. The predicted molar refractivity (Wildman–Crippen MR) is 88.8 cm³/mol. The molecular weight excluding hydrogens is 300 g/mol. The number of hydrogen-bond donors (Lipinski definition) is 1. The van der Waals surface area contributed by atoms with Crippen LogP contribution in [-0.2, 0) is 16.1 Å². The van der Waals surface area contributed by atoms with Crippen molar-refractivity contribution in [1.29, 1.82) is 0 Å². The van der Waals surface area contributed by atoms with Crippen molar-refractivity contribution < 1.29 is 14.6 Å². The van der Waals surface area contributed by atoms with E-state index in [0.717, 1.165) is 36.7 Å².